The molecule has 0 fully saturated rings. The zero-order valence-corrected chi connectivity index (χ0v) is 14.1. The number of nitrogens with one attached hydrogen (secondary N) is 1. The fraction of sp³-hybridized carbons (Fsp3) is 0.333. The van der Waals surface area contributed by atoms with Gasteiger partial charge in [0.1, 0.15) is 5.82 Å². The second-order valence-corrected chi connectivity index (χ2v) is 6.36. The lowest BCUT2D eigenvalue weighted by atomic mass is 10.1. The molecule has 0 spiro atoms. The summed E-state index contributed by atoms with van der Waals surface area (Å²) in [6.07, 6.45) is 0.913. The quantitative estimate of drug-likeness (QED) is 0.857. The van der Waals surface area contributed by atoms with Crippen molar-refractivity contribution in [2.24, 2.45) is 5.92 Å². The van der Waals surface area contributed by atoms with Gasteiger partial charge in [-0.1, -0.05) is 41.4 Å². The van der Waals surface area contributed by atoms with Crippen LogP contribution in [0.4, 0.5) is 5.82 Å². The molecule has 106 valence electrons. The first-order chi connectivity index (χ1) is 9.49. The van der Waals surface area contributed by atoms with E-state index in [1.165, 1.54) is 0 Å². The smallest absolute Gasteiger partial charge is 0.163 e. The van der Waals surface area contributed by atoms with Gasteiger partial charge in [-0.05, 0) is 30.5 Å². The highest BCUT2D eigenvalue weighted by Gasteiger charge is 2.11. The van der Waals surface area contributed by atoms with Gasteiger partial charge in [0.2, 0.25) is 0 Å². The highest BCUT2D eigenvalue weighted by atomic mass is 79.9. The van der Waals surface area contributed by atoms with Crippen LogP contribution in [0.5, 0.6) is 0 Å². The second-order valence-electron chi connectivity index (χ2n) is 5.04. The maximum atomic E-state index is 6.26. The third-order valence-corrected chi connectivity index (χ3v) is 3.64. The van der Waals surface area contributed by atoms with Gasteiger partial charge in [0, 0.05) is 28.8 Å². The SMILES string of the molecule is CNc1cc(CC(C)C)nc(-c2cc(Br)ccc2Cl)n1. The first-order valence-electron chi connectivity index (χ1n) is 6.50. The van der Waals surface area contributed by atoms with E-state index >= 15 is 0 Å². The molecule has 0 aliphatic rings. The molecule has 1 aromatic heterocycles. The first-order valence-corrected chi connectivity index (χ1v) is 7.68. The Kier molecular flexibility index (Phi) is 5.00. The van der Waals surface area contributed by atoms with Gasteiger partial charge in [-0.25, -0.2) is 9.97 Å². The number of hydrogen-bond acceptors (Lipinski definition) is 3. The Labute approximate surface area is 132 Å². The van der Waals surface area contributed by atoms with E-state index in [1.807, 2.05) is 31.3 Å². The second kappa shape index (κ2) is 6.55. The summed E-state index contributed by atoms with van der Waals surface area (Å²) in [5, 5.41) is 3.73. The van der Waals surface area contributed by atoms with Crippen LogP contribution in [0.15, 0.2) is 28.7 Å². The topological polar surface area (TPSA) is 37.8 Å². The van der Waals surface area contributed by atoms with Crippen molar-refractivity contribution in [2.75, 3.05) is 12.4 Å². The van der Waals surface area contributed by atoms with Crippen molar-refractivity contribution >= 4 is 33.3 Å². The molecule has 0 saturated heterocycles. The van der Waals surface area contributed by atoms with Crippen LogP contribution in [0.1, 0.15) is 19.5 Å². The molecule has 0 unspecified atom stereocenters. The Morgan fingerprint density at radius 2 is 2.00 bits per heavy atom. The highest BCUT2D eigenvalue weighted by Crippen LogP contribution is 2.29. The van der Waals surface area contributed by atoms with Gasteiger partial charge in [-0.15, -0.1) is 0 Å². The van der Waals surface area contributed by atoms with Crippen LogP contribution < -0.4 is 5.32 Å². The van der Waals surface area contributed by atoms with E-state index in [1.54, 1.807) is 0 Å². The summed E-state index contributed by atoms with van der Waals surface area (Å²) in [5.41, 5.74) is 1.86. The number of benzene rings is 1. The summed E-state index contributed by atoms with van der Waals surface area (Å²) in [5.74, 6) is 2.00. The van der Waals surface area contributed by atoms with Gasteiger partial charge in [-0.3, -0.25) is 0 Å². The molecule has 20 heavy (non-hydrogen) atoms. The Morgan fingerprint density at radius 1 is 1.25 bits per heavy atom. The van der Waals surface area contributed by atoms with Crippen molar-refractivity contribution in [2.45, 2.75) is 20.3 Å². The minimum Gasteiger partial charge on any atom is -0.373 e. The Hall–Kier alpha value is -1.13. The van der Waals surface area contributed by atoms with Gasteiger partial charge < -0.3 is 5.32 Å². The van der Waals surface area contributed by atoms with Gasteiger partial charge in [0.05, 0.1) is 5.02 Å². The molecule has 0 saturated carbocycles. The fourth-order valence-corrected chi connectivity index (χ4v) is 2.50. The van der Waals surface area contributed by atoms with E-state index in [0.29, 0.717) is 16.8 Å². The predicted molar refractivity (Wildman–Crippen MR) is 88.3 cm³/mol. The Bertz CT molecular complexity index is 614. The molecule has 2 aromatic rings. The summed E-state index contributed by atoms with van der Waals surface area (Å²) < 4.78 is 0.959. The molecule has 0 aliphatic carbocycles. The Balaban J connectivity index is 2.52. The van der Waals surface area contributed by atoms with Crippen LogP contribution in [-0.2, 0) is 6.42 Å². The van der Waals surface area contributed by atoms with Crippen LogP contribution in [0.25, 0.3) is 11.4 Å². The maximum absolute atomic E-state index is 6.26. The van der Waals surface area contributed by atoms with Crippen molar-refractivity contribution in [3.05, 3.63) is 39.5 Å². The van der Waals surface area contributed by atoms with E-state index in [-0.39, 0.29) is 0 Å². The van der Waals surface area contributed by atoms with E-state index in [4.69, 9.17) is 11.6 Å². The van der Waals surface area contributed by atoms with Crippen LogP contribution in [-0.4, -0.2) is 17.0 Å². The summed E-state index contributed by atoms with van der Waals surface area (Å²) in [4.78, 5) is 9.14. The molecule has 2 rings (SSSR count). The van der Waals surface area contributed by atoms with Crippen molar-refractivity contribution in [1.29, 1.82) is 0 Å². The molecule has 0 radical (unpaired) electrons. The molecular formula is C15H17BrClN3. The van der Waals surface area contributed by atoms with Crippen molar-refractivity contribution in [1.82, 2.24) is 9.97 Å². The molecule has 3 nitrogen and oxygen atoms in total. The van der Waals surface area contributed by atoms with Gasteiger partial charge >= 0.3 is 0 Å². The molecule has 1 heterocycles. The molecule has 0 atom stereocenters. The average molecular weight is 355 g/mol. The van der Waals surface area contributed by atoms with Crippen LogP contribution >= 0.6 is 27.5 Å². The summed E-state index contributed by atoms with van der Waals surface area (Å²) in [7, 11) is 1.85. The van der Waals surface area contributed by atoms with Crippen LogP contribution in [0.3, 0.4) is 0 Å². The van der Waals surface area contributed by atoms with Gasteiger partial charge in [-0.2, -0.15) is 0 Å². The van der Waals surface area contributed by atoms with Crippen molar-refractivity contribution < 1.29 is 0 Å². The maximum Gasteiger partial charge on any atom is 0.163 e. The number of anilines is 1. The zero-order valence-electron chi connectivity index (χ0n) is 11.7. The Morgan fingerprint density at radius 3 is 2.65 bits per heavy atom. The third-order valence-electron chi connectivity index (χ3n) is 2.82. The molecule has 1 N–H and O–H groups in total. The average Bonchev–Trinajstić information content (AvgIpc) is 2.40. The van der Waals surface area contributed by atoms with Crippen molar-refractivity contribution in [3.8, 4) is 11.4 Å². The van der Waals surface area contributed by atoms with Crippen LogP contribution in [0.2, 0.25) is 5.02 Å². The van der Waals surface area contributed by atoms with E-state index < -0.39 is 0 Å². The monoisotopic (exact) mass is 353 g/mol. The minimum absolute atomic E-state index is 0.542. The molecular weight excluding hydrogens is 338 g/mol. The van der Waals surface area contributed by atoms with E-state index in [0.717, 1.165) is 28.0 Å². The summed E-state index contributed by atoms with van der Waals surface area (Å²) in [6, 6.07) is 7.67. The molecule has 1 aromatic carbocycles. The zero-order chi connectivity index (χ0) is 14.7. The standard InChI is InChI=1S/C15H17BrClN3/c1-9(2)6-11-8-14(18-3)20-15(19-11)12-7-10(16)4-5-13(12)17/h4-5,7-9H,6H2,1-3H3,(H,18,19,20). The third kappa shape index (κ3) is 3.70. The summed E-state index contributed by atoms with van der Waals surface area (Å²) >= 11 is 9.72. The van der Waals surface area contributed by atoms with Crippen LogP contribution in [0, 0.1) is 5.92 Å². The molecule has 0 bridgehead atoms. The number of aromatic nitrogens is 2. The number of hydrogen-bond donors (Lipinski definition) is 1. The molecule has 0 aliphatic heterocycles. The van der Waals surface area contributed by atoms with Gasteiger partial charge in [0.25, 0.3) is 0 Å². The minimum atomic E-state index is 0.542. The van der Waals surface area contributed by atoms with E-state index in [2.05, 4.69) is 45.1 Å². The molecule has 5 heteroatoms. The summed E-state index contributed by atoms with van der Waals surface area (Å²) in [6.45, 7) is 4.35. The number of nitrogens with zero attached hydrogens (tertiary/aromatic N) is 2. The molecule has 0 amide bonds. The number of rotatable bonds is 4. The van der Waals surface area contributed by atoms with Gasteiger partial charge in [0.15, 0.2) is 5.82 Å². The van der Waals surface area contributed by atoms with Crippen molar-refractivity contribution in [3.63, 3.8) is 0 Å². The number of halogens is 2. The first kappa shape index (κ1) is 15.3. The normalized spacial score (nSPS) is 10.9. The van der Waals surface area contributed by atoms with E-state index in [9.17, 15) is 0 Å². The highest BCUT2D eigenvalue weighted by molar-refractivity contribution is 9.10. The predicted octanol–water partition coefficient (Wildman–Crippen LogP) is 4.80. The largest absolute Gasteiger partial charge is 0.373 e. The lowest BCUT2D eigenvalue weighted by Crippen LogP contribution is -2.04. The lowest BCUT2D eigenvalue weighted by Gasteiger charge is -2.10. The lowest BCUT2D eigenvalue weighted by molar-refractivity contribution is 0.635. The fourth-order valence-electron chi connectivity index (χ4n) is 1.94.